The van der Waals surface area contributed by atoms with Gasteiger partial charge in [0.25, 0.3) is 5.89 Å². The molecule has 0 aliphatic rings. The summed E-state index contributed by atoms with van der Waals surface area (Å²) < 4.78 is 9.44. The Kier molecular flexibility index (Phi) is 2.56. The molecule has 1 atom stereocenters. The van der Waals surface area contributed by atoms with E-state index in [0.29, 0.717) is 12.4 Å². The minimum atomic E-state index is -0.715. The molecule has 62 valence electrons. The van der Waals surface area contributed by atoms with Gasteiger partial charge in [-0.25, -0.2) is 0 Å². The van der Waals surface area contributed by atoms with Crippen LogP contribution < -0.4 is 0 Å². The Morgan fingerprint density at radius 2 is 2.45 bits per heavy atom. The number of hydrogen-bond acceptors (Lipinski definition) is 5. The zero-order valence-corrected chi connectivity index (χ0v) is 6.44. The normalized spacial score (nSPS) is 13.4. The van der Waals surface area contributed by atoms with Crippen LogP contribution in [0, 0.1) is 0 Å². The lowest BCUT2D eigenvalue weighted by molar-refractivity contribution is 0.151. The molecule has 0 amide bonds. The molecule has 11 heavy (non-hydrogen) atoms. The first-order chi connectivity index (χ1) is 5.24. The van der Waals surface area contributed by atoms with Crippen molar-refractivity contribution < 1.29 is 14.4 Å². The van der Waals surface area contributed by atoms with Crippen LogP contribution in [0.25, 0.3) is 0 Å². The van der Waals surface area contributed by atoms with Crippen molar-refractivity contribution in [3.63, 3.8) is 0 Å². The van der Waals surface area contributed by atoms with E-state index in [1.165, 1.54) is 0 Å². The molecule has 0 spiro atoms. The smallest absolute Gasteiger partial charge is 0.255 e. The summed E-state index contributed by atoms with van der Waals surface area (Å²) in [6.45, 7) is 1.86. The highest BCUT2D eigenvalue weighted by Crippen LogP contribution is 2.08. The standard InChI is InChI=1S/C6H10N2O3/c1-4(9)6-7-5(3-10-2)8-11-6/h4,9H,3H2,1-2H3. The van der Waals surface area contributed by atoms with E-state index in [1.807, 2.05) is 0 Å². The minimum Gasteiger partial charge on any atom is -0.384 e. The van der Waals surface area contributed by atoms with Crippen LogP contribution in [-0.2, 0) is 11.3 Å². The number of nitrogens with zero attached hydrogens (tertiary/aromatic N) is 2. The van der Waals surface area contributed by atoms with Gasteiger partial charge in [-0.2, -0.15) is 4.98 Å². The summed E-state index contributed by atoms with van der Waals surface area (Å²) in [5.74, 6) is 0.667. The van der Waals surface area contributed by atoms with Gasteiger partial charge in [-0.05, 0) is 6.92 Å². The van der Waals surface area contributed by atoms with Gasteiger partial charge in [0.2, 0.25) is 0 Å². The summed E-state index contributed by atoms with van der Waals surface area (Å²) in [5.41, 5.74) is 0. The van der Waals surface area contributed by atoms with Crippen molar-refractivity contribution in [1.82, 2.24) is 10.1 Å². The van der Waals surface area contributed by atoms with Crippen LogP contribution in [0.15, 0.2) is 4.52 Å². The Labute approximate surface area is 64.0 Å². The fourth-order valence-electron chi connectivity index (χ4n) is 0.625. The average Bonchev–Trinajstić information content (AvgIpc) is 2.37. The van der Waals surface area contributed by atoms with E-state index < -0.39 is 6.10 Å². The molecule has 1 aromatic heterocycles. The van der Waals surface area contributed by atoms with Crippen LogP contribution in [0.5, 0.6) is 0 Å². The van der Waals surface area contributed by atoms with Crippen molar-refractivity contribution in [3.8, 4) is 0 Å². The van der Waals surface area contributed by atoms with Crippen molar-refractivity contribution in [3.05, 3.63) is 11.7 Å². The molecule has 5 nitrogen and oxygen atoms in total. The molecule has 1 N–H and O–H groups in total. The lowest BCUT2D eigenvalue weighted by Gasteiger charge is -1.91. The lowest BCUT2D eigenvalue weighted by atomic mass is 10.4. The van der Waals surface area contributed by atoms with E-state index in [2.05, 4.69) is 14.7 Å². The minimum absolute atomic E-state index is 0.219. The first kappa shape index (κ1) is 8.16. The second-order valence-corrected chi connectivity index (χ2v) is 2.16. The Hall–Kier alpha value is -0.940. The predicted octanol–water partition coefficient (Wildman–Crippen LogP) is 0.269. The quantitative estimate of drug-likeness (QED) is 0.683. The van der Waals surface area contributed by atoms with Gasteiger partial charge in [0.1, 0.15) is 12.7 Å². The summed E-state index contributed by atoms with van der Waals surface area (Å²) in [5, 5.41) is 12.5. The second-order valence-electron chi connectivity index (χ2n) is 2.16. The van der Waals surface area contributed by atoms with Crippen molar-refractivity contribution in [2.45, 2.75) is 19.6 Å². The van der Waals surface area contributed by atoms with E-state index in [1.54, 1.807) is 14.0 Å². The summed E-state index contributed by atoms with van der Waals surface area (Å²) in [7, 11) is 1.54. The molecule has 0 saturated carbocycles. The Morgan fingerprint density at radius 1 is 1.73 bits per heavy atom. The van der Waals surface area contributed by atoms with Gasteiger partial charge in [-0.15, -0.1) is 0 Å². The number of methoxy groups -OCH3 is 1. The number of aromatic nitrogens is 2. The topological polar surface area (TPSA) is 68.4 Å². The molecule has 0 aliphatic heterocycles. The maximum absolute atomic E-state index is 8.97. The number of aliphatic hydroxyl groups is 1. The molecule has 5 heteroatoms. The predicted molar refractivity (Wildman–Crippen MR) is 35.6 cm³/mol. The first-order valence-corrected chi connectivity index (χ1v) is 3.23. The van der Waals surface area contributed by atoms with Gasteiger partial charge < -0.3 is 14.4 Å². The average molecular weight is 158 g/mol. The molecule has 0 saturated heterocycles. The van der Waals surface area contributed by atoms with Gasteiger partial charge in [0, 0.05) is 7.11 Å². The molecule has 0 aliphatic carbocycles. The molecular weight excluding hydrogens is 148 g/mol. The third-order valence-electron chi connectivity index (χ3n) is 1.11. The van der Waals surface area contributed by atoms with E-state index in [4.69, 9.17) is 9.84 Å². The second kappa shape index (κ2) is 3.45. The van der Waals surface area contributed by atoms with Crippen molar-refractivity contribution in [1.29, 1.82) is 0 Å². The number of ether oxygens (including phenoxy) is 1. The van der Waals surface area contributed by atoms with Crippen LogP contribution >= 0.6 is 0 Å². The van der Waals surface area contributed by atoms with E-state index in [-0.39, 0.29) is 5.89 Å². The van der Waals surface area contributed by atoms with Crippen molar-refractivity contribution in [2.75, 3.05) is 7.11 Å². The number of rotatable bonds is 3. The largest absolute Gasteiger partial charge is 0.384 e. The highest BCUT2D eigenvalue weighted by atomic mass is 16.5. The Bertz CT molecular complexity index is 221. The number of aliphatic hydroxyl groups excluding tert-OH is 1. The van der Waals surface area contributed by atoms with Gasteiger partial charge in [-0.3, -0.25) is 0 Å². The fourth-order valence-corrected chi connectivity index (χ4v) is 0.625. The molecule has 1 rings (SSSR count). The van der Waals surface area contributed by atoms with Crippen LogP contribution in [-0.4, -0.2) is 22.4 Å². The molecule has 1 unspecified atom stereocenters. The van der Waals surface area contributed by atoms with Gasteiger partial charge in [0.05, 0.1) is 0 Å². The third kappa shape index (κ3) is 1.99. The third-order valence-corrected chi connectivity index (χ3v) is 1.11. The molecule has 1 aromatic rings. The van der Waals surface area contributed by atoms with Gasteiger partial charge in [-0.1, -0.05) is 5.16 Å². The summed E-state index contributed by atoms with van der Waals surface area (Å²) in [6, 6.07) is 0. The lowest BCUT2D eigenvalue weighted by Crippen LogP contribution is -1.93. The SMILES string of the molecule is COCc1noc(C(C)O)n1. The Morgan fingerprint density at radius 3 is 2.91 bits per heavy atom. The van der Waals surface area contributed by atoms with Gasteiger partial charge >= 0.3 is 0 Å². The maximum Gasteiger partial charge on any atom is 0.255 e. The van der Waals surface area contributed by atoms with Crippen LogP contribution in [0.2, 0.25) is 0 Å². The molecule has 0 bridgehead atoms. The summed E-state index contributed by atoms with van der Waals surface area (Å²) >= 11 is 0. The van der Waals surface area contributed by atoms with E-state index in [0.717, 1.165) is 0 Å². The highest BCUT2D eigenvalue weighted by molar-refractivity contribution is 4.86. The molecule has 0 fully saturated rings. The zero-order valence-electron chi connectivity index (χ0n) is 6.44. The van der Waals surface area contributed by atoms with Crippen LogP contribution in [0.4, 0.5) is 0 Å². The molecule has 0 radical (unpaired) electrons. The van der Waals surface area contributed by atoms with Gasteiger partial charge in [0.15, 0.2) is 5.82 Å². The zero-order chi connectivity index (χ0) is 8.27. The van der Waals surface area contributed by atoms with Crippen LogP contribution in [0.3, 0.4) is 0 Å². The maximum atomic E-state index is 8.97. The van der Waals surface area contributed by atoms with E-state index in [9.17, 15) is 0 Å². The first-order valence-electron chi connectivity index (χ1n) is 3.23. The van der Waals surface area contributed by atoms with Crippen molar-refractivity contribution in [2.24, 2.45) is 0 Å². The number of hydrogen-bond donors (Lipinski definition) is 1. The molecule has 1 heterocycles. The summed E-state index contributed by atoms with van der Waals surface area (Å²) in [6.07, 6.45) is -0.715. The monoisotopic (exact) mass is 158 g/mol. The van der Waals surface area contributed by atoms with Crippen molar-refractivity contribution >= 4 is 0 Å². The fraction of sp³-hybridized carbons (Fsp3) is 0.667. The summed E-state index contributed by atoms with van der Waals surface area (Å²) in [4.78, 5) is 3.85. The van der Waals surface area contributed by atoms with E-state index >= 15 is 0 Å². The molecular formula is C6H10N2O3. The van der Waals surface area contributed by atoms with Crippen LogP contribution in [0.1, 0.15) is 24.7 Å². The Balaban J connectivity index is 2.66. The highest BCUT2D eigenvalue weighted by Gasteiger charge is 2.09. The molecule has 0 aromatic carbocycles.